The van der Waals surface area contributed by atoms with Crippen molar-refractivity contribution in [2.24, 2.45) is 5.92 Å². The monoisotopic (exact) mass is 341 g/mol. The third-order valence-electron chi connectivity index (χ3n) is 6.02. The Bertz CT molecular complexity index is 667. The molecule has 1 aromatic rings. The van der Waals surface area contributed by atoms with Crippen LogP contribution in [0.15, 0.2) is 12.3 Å². The maximum absolute atomic E-state index is 12.6. The Kier molecular flexibility index (Phi) is 4.73. The smallest absolute Gasteiger partial charge is 0.225 e. The lowest BCUT2D eigenvalue weighted by Gasteiger charge is -2.36. The summed E-state index contributed by atoms with van der Waals surface area (Å²) in [6, 6.07) is 2.55. The van der Waals surface area contributed by atoms with E-state index in [9.17, 15) is 9.59 Å². The van der Waals surface area contributed by atoms with Crippen molar-refractivity contribution in [3.05, 3.63) is 29.1 Å². The second kappa shape index (κ2) is 7.14. The lowest BCUT2D eigenvalue weighted by molar-refractivity contribution is -0.140. The van der Waals surface area contributed by atoms with E-state index in [-0.39, 0.29) is 17.7 Å². The molecule has 1 saturated heterocycles. The molecule has 25 heavy (non-hydrogen) atoms. The first-order chi connectivity index (χ1) is 12.2. The lowest BCUT2D eigenvalue weighted by atomic mass is 9.94. The fourth-order valence-electron chi connectivity index (χ4n) is 4.56. The van der Waals surface area contributed by atoms with Crippen molar-refractivity contribution >= 4 is 11.8 Å². The molecule has 1 aromatic heterocycles. The number of nitrogens with one attached hydrogen (secondary N) is 1. The minimum absolute atomic E-state index is 0.0688. The highest BCUT2D eigenvalue weighted by molar-refractivity contribution is 5.84. The summed E-state index contributed by atoms with van der Waals surface area (Å²) in [4.78, 5) is 31.3. The highest BCUT2D eigenvalue weighted by Gasteiger charge is 2.35. The van der Waals surface area contributed by atoms with Crippen LogP contribution in [0.3, 0.4) is 0 Å². The first kappa shape index (κ1) is 16.6. The van der Waals surface area contributed by atoms with Gasteiger partial charge < -0.3 is 10.2 Å². The fraction of sp³-hybridized carbons (Fsp3) is 0.650. The van der Waals surface area contributed by atoms with Crippen LogP contribution >= 0.6 is 0 Å². The number of fused-ring (bicyclic) bond motifs is 1. The molecule has 0 aromatic carbocycles. The number of aromatic nitrogens is 1. The SMILES string of the molecule is O=C(NCc1cnc2c(c1)CCC2)C1CCC(=O)N(C2CCCC2)C1. The predicted molar refractivity (Wildman–Crippen MR) is 94.8 cm³/mol. The standard InChI is InChI=1S/C20H27N3O2/c24-19-9-8-16(13-23(19)17-5-1-2-6-17)20(25)22-12-14-10-15-4-3-7-18(15)21-11-14/h10-11,16-17H,1-9,12-13H2,(H,22,25). The molecule has 2 amide bonds. The number of aryl methyl sites for hydroxylation is 2. The van der Waals surface area contributed by atoms with E-state index in [2.05, 4.69) is 16.4 Å². The first-order valence-corrected chi connectivity index (χ1v) is 9.74. The topological polar surface area (TPSA) is 62.3 Å². The summed E-state index contributed by atoms with van der Waals surface area (Å²) in [6.07, 6.45) is 11.0. The van der Waals surface area contributed by atoms with Gasteiger partial charge in [0.25, 0.3) is 0 Å². The number of pyridine rings is 1. The van der Waals surface area contributed by atoms with Crippen molar-refractivity contribution < 1.29 is 9.59 Å². The maximum atomic E-state index is 12.6. The van der Waals surface area contributed by atoms with Gasteiger partial charge in [-0.1, -0.05) is 18.9 Å². The summed E-state index contributed by atoms with van der Waals surface area (Å²) < 4.78 is 0. The maximum Gasteiger partial charge on any atom is 0.225 e. The van der Waals surface area contributed by atoms with Gasteiger partial charge in [-0.25, -0.2) is 0 Å². The van der Waals surface area contributed by atoms with Crippen LogP contribution in [-0.2, 0) is 29.0 Å². The number of nitrogens with zero attached hydrogens (tertiary/aromatic N) is 2. The van der Waals surface area contributed by atoms with Gasteiger partial charge in [0.05, 0.1) is 5.92 Å². The zero-order chi connectivity index (χ0) is 17.2. The molecule has 0 radical (unpaired) electrons. The molecule has 1 N–H and O–H groups in total. The largest absolute Gasteiger partial charge is 0.352 e. The Labute approximate surface area is 149 Å². The van der Waals surface area contributed by atoms with E-state index in [1.807, 2.05) is 11.1 Å². The van der Waals surface area contributed by atoms with Crippen molar-refractivity contribution in [2.45, 2.75) is 70.4 Å². The molecular weight excluding hydrogens is 314 g/mol. The molecule has 5 nitrogen and oxygen atoms in total. The van der Waals surface area contributed by atoms with Gasteiger partial charge >= 0.3 is 0 Å². The molecular formula is C20H27N3O2. The molecule has 2 aliphatic carbocycles. The Morgan fingerprint density at radius 1 is 1.16 bits per heavy atom. The minimum atomic E-state index is -0.0688. The molecule has 1 saturated carbocycles. The third-order valence-corrected chi connectivity index (χ3v) is 6.02. The van der Waals surface area contributed by atoms with Crippen LogP contribution in [0.5, 0.6) is 0 Å². The van der Waals surface area contributed by atoms with Gasteiger partial charge in [-0.2, -0.15) is 0 Å². The quantitative estimate of drug-likeness (QED) is 0.914. The number of carbonyl (C=O) groups excluding carboxylic acids is 2. The Morgan fingerprint density at radius 2 is 2.00 bits per heavy atom. The first-order valence-electron chi connectivity index (χ1n) is 9.74. The summed E-state index contributed by atoms with van der Waals surface area (Å²) in [5, 5.41) is 3.07. The number of carbonyl (C=O) groups is 2. The Hall–Kier alpha value is -1.91. The second-order valence-electron chi connectivity index (χ2n) is 7.74. The minimum Gasteiger partial charge on any atom is -0.352 e. The number of amides is 2. The molecule has 1 atom stereocenters. The van der Waals surface area contributed by atoms with Gasteiger partial charge in [-0.05, 0) is 49.7 Å². The molecule has 2 heterocycles. The van der Waals surface area contributed by atoms with Crippen LogP contribution in [0.2, 0.25) is 0 Å². The summed E-state index contributed by atoms with van der Waals surface area (Å²) in [7, 11) is 0. The number of rotatable bonds is 4. The van der Waals surface area contributed by atoms with Gasteiger partial charge in [-0.3, -0.25) is 14.6 Å². The molecule has 134 valence electrons. The van der Waals surface area contributed by atoms with Crippen molar-refractivity contribution in [1.29, 1.82) is 0 Å². The van der Waals surface area contributed by atoms with E-state index in [1.165, 1.54) is 30.5 Å². The van der Waals surface area contributed by atoms with E-state index in [0.29, 0.717) is 32.0 Å². The van der Waals surface area contributed by atoms with Crippen molar-refractivity contribution in [3.63, 3.8) is 0 Å². The van der Waals surface area contributed by atoms with Crippen LogP contribution in [0.4, 0.5) is 0 Å². The van der Waals surface area contributed by atoms with E-state index in [4.69, 9.17) is 0 Å². The van der Waals surface area contributed by atoms with Crippen LogP contribution in [-0.4, -0.2) is 34.3 Å². The van der Waals surface area contributed by atoms with Gasteiger partial charge in [0.15, 0.2) is 0 Å². The average Bonchev–Trinajstić information content (AvgIpc) is 3.31. The summed E-state index contributed by atoms with van der Waals surface area (Å²) in [6.45, 7) is 1.13. The number of likely N-dealkylation sites (tertiary alicyclic amines) is 1. The molecule has 5 heteroatoms. The van der Waals surface area contributed by atoms with Gasteiger partial charge in [0, 0.05) is 37.4 Å². The number of piperidine rings is 1. The highest BCUT2D eigenvalue weighted by Crippen LogP contribution is 2.28. The van der Waals surface area contributed by atoms with Crippen LogP contribution < -0.4 is 5.32 Å². The van der Waals surface area contributed by atoms with E-state index in [1.54, 1.807) is 0 Å². The van der Waals surface area contributed by atoms with E-state index in [0.717, 1.165) is 31.2 Å². The Morgan fingerprint density at radius 3 is 2.84 bits per heavy atom. The number of hydrogen-bond acceptors (Lipinski definition) is 3. The predicted octanol–water partition coefficient (Wildman–Crippen LogP) is 2.37. The normalized spacial score (nSPS) is 23.8. The van der Waals surface area contributed by atoms with Gasteiger partial charge in [0.2, 0.25) is 11.8 Å². The lowest BCUT2D eigenvalue weighted by Crippen LogP contribution is -2.49. The highest BCUT2D eigenvalue weighted by atomic mass is 16.2. The van der Waals surface area contributed by atoms with Crippen molar-refractivity contribution in [1.82, 2.24) is 15.2 Å². The molecule has 0 spiro atoms. The molecule has 1 aliphatic heterocycles. The summed E-state index contributed by atoms with van der Waals surface area (Å²) >= 11 is 0. The van der Waals surface area contributed by atoms with E-state index < -0.39 is 0 Å². The van der Waals surface area contributed by atoms with Gasteiger partial charge in [0.1, 0.15) is 0 Å². The van der Waals surface area contributed by atoms with E-state index >= 15 is 0 Å². The third kappa shape index (κ3) is 3.55. The van der Waals surface area contributed by atoms with Crippen LogP contribution in [0, 0.1) is 5.92 Å². The molecule has 2 fully saturated rings. The van der Waals surface area contributed by atoms with Crippen molar-refractivity contribution in [2.75, 3.05) is 6.54 Å². The van der Waals surface area contributed by atoms with Crippen LogP contribution in [0.1, 0.15) is 61.8 Å². The second-order valence-corrected chi connectivity index (χ2v) is 7.74. The summed E-state index contributed by atoms with van der Waals surface area (Å²) in [5.74, 6) is 0.246. The average molecular weight is 341 g/mol. The zero-order valence-corrected chi connectivity index (χ0v) is 14.8. The molecule has 0 bridgehead atoms. The number of hydrogen-bond donors (Lipinski definition) is 1. The zero-order valence-electron chi connectivity index (χ0n) is 14.8. The Balaban J connectivity index is 1.33. The molecule has 3 aliphatic rings. The fourth-order valence-corrected chi connectivity index (χ4v) is 4.56. The molecule has 4 rings (SSSR count). The van der Waals surface area contributed by atoms with Crippen molar-refractivity contribution in [3.8, 4) is 0 Å². The van der Waals surface area contributed by atoms with Gasteiger partial charge in [-0.15, -0.1) is 0 Å². The van der Waals surface area contributed by atoms with Crippen LogP contribution in [0.25, 0.3) is 0 Å². The molecule has 1 unspecified atom stereocenters. The summed E-state index contributed by atoms with van der Waals surface area (Å²) in [5.41, 5.74) is 3.63.